The van der Waals surface area contributed by atoms with Crippen LogP contribution in [0.3, 0.4) is 0 Å². The highest BCUT2D eigenvalue weighted by molar-refractivity contribution is 7.82. The number of primary amides is 1. The van der Waals surface area contributed by atoms with Crippen LogP contribution in [0, 0.1) is 0 Å². The second-order valence-corrected chi connectivity index (χ2v) is 4.08. The molecule has 1 aromatic carbocycles. The summed E-state index contributed by atoms with van der Waals surface area (Å²) >= 11 is 9.95. The maximum atomic E-state index is 10.9. The Morgan fingerprint density at radius 2 is 2.18 bits per heavy atom. The molecule has 0 aliphatic heterocycles. The minimum absolute atomic E-state index is 0.316. The number of benzene rings is 1. The van der Waals surface area contributed by atoms with Gasteiger partial charge >= 0.3 is 6.03 Å². The standard InChI is InChI=1S/C10H9ClN4OS/c11-7-4-2-1-3-6(7)8-5-9(14-13-8)15(17)10(12)16/h1-5,17H,(H2,12,16)(H,13,14). The van der Waals surface area contributed by atoms with Gasteiger partial charge in [0.25, 0.3) is 0 Å². The highest BCUT2D eigenvalue weighted by Gasteiger charge is 2.13. The van der Waals surface area contributed by atoms with Crippen LogP contribution in [-0.2, 0) is 0 Å². The number of aromatic amines is 1. The summed E-state index contributed by atoms with van der Waals surface area (Å²) in [6.07, 6.45) is 0. The zero-order valence-corrected chi connectivity index (χ0v) is 10.2. The SMILES string of the molecule is NC(=O)N(S)c1cc(-c2ccccc2Cl)[nH]n1. The fourth-order valence-electron chi connectivity index (χ4n) is 1.35. The number of nitrogens with two attached hydrogens (primary N) is 1. The summed E-state index contributed by atoms with van der Waals surface area (Å²) in [5.74, 6) is 0.316. The van der Waals surface area contributed by atoms with Gasteiger partial charge in [-0.25, -0.2) is 9.10 Å². The van der Waals surface area contributed by atoms with E-state index in [2.05, 4.69) is 23.0 Å². The number of rotatable bonds is 2. The van der Waals surface area contributed by atoms with Crippen LogP contribution in [0.2, 0.25) is 5.02 Å². The molecule has 0 saturated carbocycles. The monoisotopic (exact) mass is 268 g/mol. The first-order chi connectivity index (χ1) is 8.09. The van der Waals surface area contributed by atoms with Gasteiger partial charge in [0.15, 0.2) is 5.82 Å². The normalized spacial score (nSPS) is 10.2. The molecular formula is C10H9ClN4OS. The number of nitrogens with zero attached hydrogens (tertiary/aromatic N) is 2. The molecule has 17 heavy (non-hydrogen) atoms. The number of hydrogen-bond acceptors (Lipinski definition) is 3. The summed E-state index contributed by atoms with van der Waals surface area (Å²) in [5.41, 5.74) is 6.55. The Kier molecular flexibility index (Phi) is 3.26. The van der Waals surface area contributed by atoms with Gasteiger partial charge in [-0.1, -0.05) is 42.6 Å². The first-order valence-electron chi connectivity index (χ1n) is 4.68. The quantitative estimate of drug-likeness (QED) is 0.732. The number of hydrogen-bond donors (Lipinski definition) is 3. The number of urea groups is 1. The summed E-state index contributed by atoms with van der Waals surface area (Å²) in [6, 6.07) is 8.23. The van der Waals surface area contributed by atoms with Crippen molar-refractivity contribution < 1.29 is 4.79 Å². The third kappa shape index (κ3) is 2.37. The van der Waals surface area contributed by atoms with Crippen LogP contribution in [0.4, 0.5) is 10.6 Å². The molecule has 0 aliphatic carbocycles. The van der Waals surface area contributed by atoms with Gasteiger partial charge < -0.3 is 5.73 Å². The van der Waals surface area contributed by atoms with E-state index >= 15 is 0 Å². The van der Waals surface area contributed by atoms with Crippen LogP contribution < -0.4 is 10.0 Å². The molecule has 3 N–H and O–H groups in total. The van der Waals surface area contributed by atoms with Crippen LogP contribution >= 0.6 is 24.4 Å². The molecule has 2 rings (SSSR count). The fraction of sp³-hybridized carbons (Fsp3) is 0. The Morgan fingerprint density at radius 1 is 1.47 bits per heavy atom. The lowest BCUT2D eigenvalue weighted by Crippen LogP contribution is -2.27. The van der Waals surface area contributed by atoms with Crippen LogP contribution in [0.15, 0.2) is 30.3 Å². The van der Waals surface area contributed by atoms with E-state index in [4.69, 9.17) is 17.3 Å². The molecule has 7 heteroatoms. The van der Waals surface area contributed by atoms with Gasteiger partial charge in [0.2, 0.25) is 0 Å². The Balaban J connectivity index is 2.37. The van der Waals surface area contributed by atoms with Gasteiger partial charge in [-0.15, -0.1) is 0 Å². The molecule has 1 heterocycles. The van der Waals surface area contributed by atoms with Gasteiger partial charge in [-0.2, -0.15) is 5.10 Å². The second-order valence-electron chi connectivity index (χ2n) is 3.27. The lowest BCUT2D eigenvalue weighted by molar-refractivity contribution is 0.257. The summed E-state index contributed by atoms with van der Waals surface area (Å²) in [5, 5.41) is 7.28. The first-order valence-corrected chi connectivity index (χ1v) is 5.46. The van der Waals surface area contributed by atoms with Gasteiger partial charge in [0.05, 0.1) is 5.69 Å². The van der Waals surface area contributed by atoms with Crippen molar-refractivity contribution in [3.05, 3.63) is 35.4 Å². The molecule has 2 amide bonds. The smallest absolute Gasteiger partial charge is 0.330 e. The van der Waals surface area contributed by atoms with Crippen molar-refractivity contribution in [1.29, 1.82) is 0 Å². The number of amides is 2. The zero-order chi connectivity index (χ0) is 12.4. The molecule has 0 unspecified atom stereocenters. The Morgan fingerprint density at radius 3 is 2.82 bits per heavy atom. The predicted molar refractivity (Wildman–Crippen MR) is 70.1 cm³/mol. The lowest BCUT2D eigenvalue weighted by atomic mass is 10.1. The minimum Gasteiger partial charge on any atom is -0.350 e. The van der Waals surface area contributed by atoms with E-state index in [-0.39, 0.29) is 0 Å². The van der Waals surface area contributed by atoms with E-state index in [0.29, 0.717) is 16.5 Å². The number of aromatic nitrogens is 2. The van der Waals surface area contributed by atoms with E-state index in [0.717, 1.165) is 9.87 Å². The highest BCUT2D eigenvalue weighted by Crippen LogP contribution is 2.28. The van der Waals surface area contributed by atoms with Gasteiger partial charge in [-0.05, 0) is 6.07 Å². The molecule has 0 spiro atoms. The predicted octanol–water partition coefficient (Wildman–Crippen LogP) is 2.46. The molecular weight excluding hydrogens is 260 g/mol. The molecule has 0 aliphatic rings. The number of carbonyl (C=O) groups excluding carboxylic acids is 1. The summed E-state index contributed by atoms with van der Waals surface area (Å²) in [4.78, 5) is 10.9. The second kappa shape index (κ2) is 4.68. The van der Waals surface area contributed by atoms with Crippen LogP contribution in [0.5, 0.6) is 0 Å². The van der Waals surface area contributed by atoms with E-state index in [9.17, 15) is 4.79 Å². The van der Waals surface area contributed by atoms with Crippen molar-refractivity contribution in [2.75, 3.05) is 4.31 Å². The van der Waals surface area contributed by atoms with Crippen LogP contribution in [0.1, 0.15) is 0 Å². The molecule has 0 atom stereocenters. The number of anilines is 1. The Bertz CT molecular complexity index is 557. The summed E-state index contributed by atoms with van der Waals surface area (Å²) in [6.45, 7) is 0. The topological polar surface area (TPSA) is 75.0 Å². The molecule has 0 saturated heterocycles. The van der Waals surface area contributed by atoms with Crippen molar-refractivity contribution in [3.8, 4) is 11.3 Å². The largest absolute Gasteiger partial charge is 0.350 e. The minimum atomic E-state index is -0.703. The summed E-state index contributed by atoms with van der Waals surface area (Å²) < 4.78 is 0.941. The highest BCUT2D eigenvalue weighted by atomic mass is 35.5. The molecule has 0 radical (unpaired) electrons. The van der Waals surface area contributed by atoms with Crippen LogP contribution in [0.25, 0.3) is 11.3 Å². The maximum absolute atomic E-state index is 10.9. The van der Waals surface area contributed by atoms with Crippen molar-refractivity contribution in [1.82, 2.24) is 10.2 Å². The number of halogens is 1. The molecule has 5 nitrogen and oxygen atoms in total. The van der Waals surface area contributed by atoms with E-state index < -0.39 is 6.03 Å². The van der Waals surface area contributed by atoms with Crippen molar-refractivity contribution >= 4 is 36.3 Å². The fourth-order valence-corrected chi connectivity index (χ4v) is 1.69. The van der Waals surface area contributed by atoms with Gasteiger partial charge in [-0.3, -0.25) is 5.10 Å². The molecule has 1 aromatic heterocycles. The van der Waals surface area contributed by atoms with E-state index in [1.54, 1.807) is 12.1 Å². The Hall–Kier alpha value is -1.66. The lowest BCUT2D eigenvalue weighted by Gasteiger charge is -2.06. The third-order valence-corrected chi connectivity index (χ3v) is 2.89. The average molecular weight is 269 g/mol. The Labute approximate surface area is 108 Å². The van der Waals surface area contributed by atoms with E-state index in [1.165, 1.54) is 0 Å². The molecule has 0 fully saturated rings. The van der Waals surface area contributed by atoms with Crippen LogP contribution in [-0.4, -0.2) is 16.2 Å². The third-order valence-electron chi connectivity index (χ3n) is 2.15. The number of nitrogens with one attached hydrogen (secondary N) is 1. The van der Waals surface area contributed by atoms with Crippen molar-refractivity contribution in [3.63, 3.8) is 0 Å². The number of H-pyrrole nitrogens is 1. The zero-order valence-electron chi connectivity index (χ0n) is 8.59. The summed E-state index contributed by atoms with van der Waals surface area (Å²) in [7, 11) is 0. The number of thiol groups is 1. The molecule has 0 bridgehead atoms. The molecule has 2 aromatic rings. The number of carbonyl (C=O) groups is 1. The van der Waals surface area contributed by atoms with Gasteiger partial charge in [0.1, 0.15) is 0 Å². The first kappa shape index (κ1) is 11.8. The molecule has 88 valence electrons. The van der Waals surface area contributed by atoms with Gasteiger partial charge in [0, 0.05) is 16.7 Å². The van der Waals surface area contributed by atoms with Crippen molar-refractivity contribution in [2.45, 2.75) is 0 Å². The average Bonchev–Trinajstić information content (AvgIpc) is 2.77. The van der Waals surface area contributed by atoms with Crippen molar-refractivity contribution in [2.24, 2.45) is 5.73 Å². The maximum Gasteiger partial charge on any atom is 0.330 e. The van der Waals surface area contributed by atoms with E-state index in [1.807, 2.05) is 18.2 Å².